The molecule has 0 aromatic heterocycles. The van der Waals surface area contributed by atoms with E-state index in [0.29, 0.717) is 0 Å². The molecule has 0 heterocycles. The minimum Gasteiger partial charge on any atom is -0.0915 e. The third-order valence-corrected chi connectivity index (χ3v) is 7.95. The molecule has 0 rings (SSSR count). The van der Waals surface area contributed by atoms with E-state index in [1.807, 2.05) is 0 Å². The number of hydrogen-bond acceptors (Lipinski definition) is 0. The van der Waals surface area contributed by atoms with Gasteiger partial charge in [-0.05, 0) is 0 Å². The van der Waals surface area contributed by atoms with Crippen molar-refractivity contribution >= 4 is 14.1 Å². The summed E-state index contributed by atoms with van der Waals surface area (Å²) in [5, 5.41) is 4.66. The molecule has 0 nitrogen and oxygen atoms in total. The monoisotopic (exact) mass is 270 g/mol. The fraction of sp³-hybridized carbons (Fsp3) is 1.00. The molecule has 0 saturated heterocycles. The fourth-order valence-electron chi connectivity index (χ4n) is 2.64. The summed E-state index contributed by atoms with van der Waals surface area (Å²) in [6, 6.07) is 0. The van der Waals surface area contributed by atoms with Crippen molar-refractivity contribution in [2.75, 3.05) is 0 Å². The maximum Gasteiger partial charge on any atom is 0.262 e. The molecule has 0 aliphatic heterocycles. The molecule has 18 heavy (non-hydrogen) atoms. The molecular weight excluding hydrogens is 231 g/mol. The highest BCUT2D eigenvalue weighted by molar-refractivity contribution is 6.58. The lowest BCUT2D eigenvalue weighted by molar-refractivity contribution is 0.659. The predicted molar refractivity (Wildman–Crippen MR) is 89.9 cm³/mol. The molecule has 0 fully saturated rings. The third kappa shape index (κ3) is 18.9. The first-order valence-corrected chi connectivity index (χ1v) is 10.8. The Morgan fingerprint density at radius 2 is 0.889 bits per heavy atom. The highest BCUT2D eigenvalue weighted by atomic mass is 27.2. The zero-order valence-electron chi connectivity index (χ0n) is 14.6. The van der Waals surface area contributed by atoms with Crippen LogP contribution in [0.1, 0.15) is 74.7 Å². The largest absolute Gasteiger partial charge is 0.262 e. The van der Waals surface area contributed by atoms with Crippen LogP contribution < -0.4 is 0 Å². The molecule has 0 spiro atoms. The van der Waals surface area contributed by atoms with E-state index in [9.17, 15) is 0 Å². The van der Waals surface area contributed by atoms with Crippen LogP contribution in [0.4, 0.5) is 0 Å². The Morgan fingerprint density at radius 3 is 1.00 bits per heavy atom. The molecule has 0 aliphatic rings. The molecule has 0 aliphatic carbocycles. The summed E-state index contributed by atoms with van der Waals surface area (Å²) in [5.41, 5.74) is 0. The van der Waals surface area contributed by atoms with Gasteiger partial charge in [0.1, 0.15) is 0 Å². The van der Waals surface area contributed by atoms with Gasteiger partial charge < -0.3 is 0 Å². The average molecular weight is 270 g/mol. The van der Waals surface area contributed by atoms with Crippen molar-refractivity contribution in [2.45, 2.75) is 90.5 Å². The lowest BCUT2D eigenvalue weighted by atomic mass is 10.2. The normalized spacial score (nSPS) is 10.8. The molecule has 0 unspecified atom stereocenters. The Labute approximate surface area is 122 Å². The zero-order valence-corrected chi connectivity index (χ0v) is 15.7. The van der Waals surface area contributed by atoms with Gasteiger partial charge in [-0.25, -0.2) is 0 Å². The van der Waals surface area contributed by atoms with Crippen molar-refractivity contribution in [3.05, 3.63) is 0 Å². The average Bonchev–Trinajstić information content (AvgIpc) is 2.16. The Morgan fingerprint density at radius 1 is 0.611 bits per heavy atom. The van der Waals surface area contributed by atoms with Gasteiger partial charge in [-0.2, -0.15) is 0 Å². The summed E-state index contributed by atoms with van der Waals surface area (Å²) >= 11 is -0.407. The smallest absolute Gasteiger partial charge is 0.0915 e. The highest BCUT2D eigenvalue weighted by Gasteiger charge is 2.20. The number of hydrogen-bond donors (Lipinski definition) is 0. The molecular formula is C17H39Al. The summed E-state index contributed by atoms with van der Waals surface area (Å²) < 4.78 is 0. The van der Waals surface area contributed by atoms with Crippen LogP contribution in [-0.2, 0) is 0 Å². The van der Waals surface area contributed by atoms with Crippen molar-refractivity contribution in [3.63, 3.8) is 0 Å². The van der Waals surface area contributed by atoms with Crippen LogP contribution >= 0.6 is 0 Å². The molecule has 0 saturated carbocycles. The Kier molecular flexibility index (Phi) is 16.2. The van der Waals surface area contributed by atoms with Crippen molar-refractivity contribution in [1.82, 2.24) is 0 Å². The lowest BCUT2D eigenvalue weighted by Gasteiger charge is -2.17. The van der Waals surface area contributed by atoms with E-state index in [0.717, 1.165) is 17.8 Å². The fourth-order valence-corrected chi connectivity index (χ4v) is 7.22. The van der Waals surface area contributed by atoms with Crippen LogP contribution in [0.5, 0.6) is 0 Å². The van der Waals surface area contributed by atoms with Gasteiger partial charge in [0, 0.05) is 0 Å². The topological polar surface area (TPSA) is 0 Å². The van der Waals surface area contributed by atoms with Gasteiger partial charge in [0.15, 0.2) is 0 Å². The first-order chi connectivity index (χ1) is 8.33. The molecule has 1 heteroatoms. The Balaban J connectivity index is 0. The van der Waals surface area contributed by atoms with Gasteiger partial charge in [-0.3, -0.25) is 0 Å². The first kappa shape index (κ1) is 20.8. The van der Waals surface area contributed by atoms with E-state index in [4.69, 9.17) is 0 Å². The summed E-state index contributed by atoms with van der Waals surface area (Å²) in [7, 11) is 0. The van der Waals surface area contributed by atoms with Crippen LogP contribution in [0.25, 0.3) is 0 Å². The van der Waals surface area contributed by atoms with Gasteiger partial charge in [-0.1, -0.05) is 108 Å². The molecule has 0 radical (unpaired) electrons. The van der Waals surface area contributed by atoms with Crippen molar-refractivity contribution in [2.24, 2.45) is 17.8 Å². The second-order valence-corrected chi connectivity index (χ2v) is 10.3. The molecule has 0 aromatic rings. The molecule has 0 amide bonds. The quantitative estimate of drug-likeness (QED) is 0.433. The number of unbranched alkanes of at least 4 members (excludes halogenated alkanes) is 2. The van der Waals surface area contributed by atoms with E-state index in [-0.39, 0.29) is 0 Å². The summed E-state index contributed by atoms with van der Waals surface area (Å²) in [5.74, 6) is 2.78. The van der Waals surface area contributed by atoms with E-state index in [1.54, 1.807) is 15.8 Å². The second-order valence-electron chi connectivity index (χ2n) is 7.11. The van der Waals surface area contributed by atoms with E-state index >= 15 is 0 Å². The lowest BCUT2D eigenvalue weighted by Crippen LogP contribution is -2.19. The van der Waals surface area contributed by atoms with Crippen molar-refractivity contribution < 1.29 is 0 Å². The zero-order chi connectivity index (χ0) is 14.6. The van der Waals surface area contributed by atoms with Gasteiger partial charge >= 0.3 is 0 Å². The van der Waals surface area contributed by atoms with Crippen LogP contribution in [-0.4, -0.2) is 14.1 Å². The second kappa shape index (κ2) is 14.0. The standard InChI is InChI=1S/C5H12.3C4H9.Al/c1-3-5-4-2;3*1-4(2)3;/h3-5H2,1-2H3;3*4H,1H2,2-3H3;. The summed E-state index contributed by atoms with van der Waals surface area (Å²) in [6.45, 7) is 18.7. The van der Waals surface area contributed by atoms with E-state index in [2.05, 4.69) is 55.4 Å². The maximum atomic E-state index is 2.38. The maximum absolute atomic E-state index is 2.38. The van der Waals surface area contributed by atoms with E-state index in [1.165, 1.54) is 19.3 Å². The molecule has 0 N–H and O–H groups in total. The first-order valence-electron chi connectivity index (χ1n) is 8.33. The Bertz CT molecular complexity index is 124. The van der Waals surface area contributed by atoms with Crippen LogP contribution in [0, 0.1) is 17.8 Å². The highest BCUT2D eigenvalue weighted by Crippen LogP contribution is 2.20. The molecule has 0 atom stereocenters. The van der Waals surface area contributed by atoms with Crippen LogP contribution in [0.3, 0.4) is 0 Å². The van der Waals surface area contributed by atoms with Gasteiger partial charge in [0.2, 0.25) is 0 Å². The summed E-state index contributed by atoms with van der Waals surface area (Å²) in [4.78, 5) is 0. The minimum atomic E-state index is -0.407. The minimum absolute atomic E-state index is 0.407. The molecule has 110 valence electrons. The van der Waals surface area contributed by atoms with Gasteiger partial charge in [0.25, 0.3) is 14.1 Å². The molecule has 0 aromatic carbocycles. The van der Waals surface area contributed by atoms with Gasteiger partial charge in [0.05, 0.1) is 0 Å². The number of rotatable bonds is 8. The van der Waals surface area contributed by atoms with E-state index < -0.39 is 14.1 Å². The Hall–Kier alpha value is 0.532. The SMILES string of the molecule is CC(C)[CH2][Al]([CH2]C(C)C)[CH2]C(C)C.CCCCC. The van der Waals surface area contributed by atoms with Crippen molar-refractivity contribution in [1.29, 1.82) is 0 Å². The molecule has 0 bridgehead atoms. The summed E-state index contributed by atoms with van der Waals surface area (Å²) in [6.07, 6.45) is 4.08. The third-order valence-electron chi connectivity index (χ3n) is 3.12. The van der Waals surface area contributed by atoms with Gasteiger partial charge in [-0.15, -0.1) is 0 Å². The van der Waals surface area contributed by atoms with Crippen LogP contribution in [0.15, 0.2) is 0 Å². The van der Waals surface area contributed by atoms with Crippen molar-refractivity contribution in [3.8, 4) is 0 Å². The van der Waals surface area contributed by atoms with Crippen LogP contribution in [0.2, 0.25) is 15.8 Å². The predicted octanol–water partition coefficient (Wildman–Crippen LogP) is 6.65.